The van der Waals surface area contributed by atoms with Gasteiger partial charge in [0.2, 0.25) is 5.88 Å². The molecular weight excluding hydrogens is 226 g/mol. The number of nitrogens with zero attached hydrogens (tertiary/aromatic N) is 2. The van der Waals surface area contributed by atoms with Crippen LogP contribution in [0.3, 0.4) is 0 Å². The Hall–Kier alpha value is -1.32. The first kappa shape index (κ1) is 13.1. The van der Waals surface area contributed by atoms with Gasteiger partial charge in [-0.3, -0.25) is 0 Å². The van der Waals surface area contributed by atoms with Crippen LogP contribution in [0, 0.1) is 11.8 Å². The standard InChI is InChI=1S/C14H23N3O/c1-10(2)18-14-7-13(16-9-17-14)15-8-12-6-4-5-11(12)3/h7,9-12H,4-6,8H2,1-3H3,(H,15,16,17). The zero-order valence-corrected chi connectivity index (χ0v) is 11.5. The van der Waals surface area contributed by atoms with E-state index in [9.17, 15) is 0 Å². The van der Waals surface area contributed by atoms with E-state index in [1.54, 1.807) is 6.33 Å². The molecule has 4 nitrogen and oxygen atoms in total. The lowest BCUT2D eigenvalue weighted by atomic mass is 9.98. The first-order valence-electron chi connectivity index (χ1n) is 6.87. The van der Waals surface area contributed by atoms with Crippen LogP contribution in [0.25, 0.3) is 0 Å². The summed E-state index contributed by atoms with van der Waals surface area (Å²) in [7, 11) is 0. The predicted octanol–water partition coefficient (Wildman–Crippen LogP) is 3.11. The van der Waals surface area contributed by atoms with Crippen LogP contribution in [0.5, 0.6) is 5.88 Å². The fourth-order valence-corrected chi connectivity index (χ4v) is 2.50. The molecule has 0 saturated heterocycles. The van der Waals surface area contributed by atoms with E-state index in [-0.39, 0.29) is 6.10 Å². The molecule has 0 amide bonds. The normalized spacial score (nSPS) is 23.3. The van der Waals surface area contributed by atoms with Gasteiger partial charge in [0.1, 0.15) is 12.1 Å². The molecule has 1 aliphatic carbocycles. The van der Waals surface area contributed by atoms with Crippen LogP contribution in [0.15, 0.2) is 12.4 Å². The largest absolute Gasteiger partial charge is 0.475 e. The summed E-state index contributed by atoms with van der Waals surface area (Å²) in [6, 6.07) is 1.87. The van der Waals surface area contributed by atoms with Gasteiger partial charge in [0.15, 0.2) is 0 Å². The average Bonchev–Trinajstić information content (AvgIpc) is 2.72. The molecule has 1 fully saturated rings. The van der Waals surface area contributed by atoms with Crippen molar-refractivity contribution in [3.05, 3.63) is 12.4 Å². The van der Waals surface area contributed by atoms with Gasteiger partial charge < -0.3 is 10.1 Å². The van der Waals surface area contributed by atoms with Gasteiger partial charge in [-0.15, -0.1) is 0 Å². The molecule has 100 valence electrons. The fraction of sp³-hybridized carbons (Fsp3) is 0.714. The van der Waals surface area contributed by atoms with Crippen LogP contribution in [0.2, 0.25) is 0 Å². The molecule has 1 aliphatic rings. The average molecular weight is 249 g/mol. The van der Waals surface area contributed by atoms with Crippen LogP contribution in [-0.2, 0) is 0 Å². The van der Waals surface area contributed by atoms with Gasteiger partial charge in [-0.25, -0.2) is 9.97 Å². The lowest BCUT2D eigenvalue weighted by Crippen LogP contribution is -2.17. The van der Waals surface area contributed by atoms with E-state index in [1.807, 2.05) is 19.9 Å². The van der Waals surface area contributed by atoms with E-state index in [2.05, 4.69) is 22.2 Å². The molecule has 4 heteroatoms. The van der Waals surface area contributed by atoms with E-state index < -0.39 is 0 Å². The van der Waals surface area contributed by atoms with E-state index in [0.717, 1.165) is 24.2 Å². The van der Waals surface area contributed by atoms with Gasteiger partial charge in [0.25, 0.3) is 0 Å². The number of hydrogen-bond acceptors (Lipinski definition) is 4. The van der Waals surface area contributed by atoms with Crippen LogP contribution in [0.1, 0.15) is 40.0 Å². The summed E-state index contributed by atoms with van der Waals surface area (Å²) in [6.45, 7) is 7.33. The second-order valence-electron chi connectivity index (χ2n) is 5.46. The van der Waals surface area contributed by atoms with Gasteiger partial charge >= 0.3 is 0 Å². The van der Waals surface area contributed by atoms with Crippen molar-refractivity contribution in [2.45, 2.75) is 46.1 Å². The maximum Gasteiger partial charge on any atom is 0.218 e. The van der Waals surface area contributed by atoms with Gasteiger partial charge in [0, 0.05) is 12.6 Å². The summed E-state index contributed by atoms with van der Waals surface area (Å²) in [4.78, 5) is 8.33. The minimum Gasteiger partial charge on any atom is -0.475 e. The zero-order chi connectivity index (χ0) is 13.0. The summed E-state index contributed by atoms with van der Waals surface area (Å²) in [5.74, 6) is 3.10. The molecule has 1 aromatic rings. The zero-order valence-electron chi connectivity index (χ0n) is 11.5. The third-order valence-electron chi connectivity index (χ3n) is 3.58. The second-order valence-corrected chi connectivity index (χ2v) is 5.46. The molecule has 0 radical (unpaired) electrons. The van der Waals surface area contributed by atoms with Crippen molar-refractivity contribution < 1.29 is 4.74 Å². The van der Waals surface area contributed by atoms with Gasteiger partial charge in [-0.05, 0) is 32.1 Å². The van der Waals surface area contributed by atoms with E-state index >= 15 is 0 Å². The van der Waals surface area contributed by atoms with Gasteiger partial charge in [-0.1, -0.05) is 19.8 Å². The SMILES string of the molecule is CC(C)Oc1cc(NCC2CCCC2C)ncn1. The highest BCUT2D eigenvalue weighted by Crippen LogP contribution is 2.31. The smallest absolute Gasteiger partial charge is 0.218 e. The Morgan fingerprint density at radius 3 is 2.89 bits per heavy atom. The molecule has 2 rings (SSSR count). The molecule has 2 unspecified atom stereocenters. The lowest BCUT2D eigenvalue weighted by molar-refractivity contribution is 0.232. The number of hydrogen-bond donors (Lipinski definition) is 1. The highest BCUT2D eigenvalue weighted by atomic mass is 16.5. The first-order chi connectivity index (χ1) is 8.65. The maximum atomic E-state index is 5.56. The van der Waals surface area contributed by atoms with Crippen molar-refractivity contribution in [3.8, 4) is 5.88 Å². The molecule has 1 heterocycles. The van der Waals surface area contributed by atoms with Gasteiger partial charge in [0.05, 0.1) is 6.10 Å². The van der Waals surface area contributed by atoms with Crippen molar-refractivity contribution in [1.82, 2.24) is 9.97 Å². The Balaban J connectivity index is 1.88. The first-order valence-corrected chi connectivity index (χ1v) is 6.87. The Morgan fingerprint density at radius 1 is 1.39 bits per heavy atom. The van der Waals surface area contributed by atoms with Crippen LogP contribution < -0.4 is 10.1 Å². The number of ether oxygens (including phenoxy) is 1. The topological polar surface area (TPSA) is 47.0 Å². The summed E-state index contributed by atoms with van der Waals surface area (Å²) < 4.78 is 5.56. The molecule has 0 aromatic carbocycles. The third kappa shape index (κ3) is 3.59. The number of aromatic nitrogens is 2. The molecule has 0 aliphatic heterocycles. The molecule has 0 bridgehead atoms. The Bertz CT molecular complexity index is 381. The minimum atomic E-state index is 0.141. The van der Waals surface area contributed by atoms with Gasteiger partial charge in [-0.2, -0.15) is 0 Å². The van der Waals surface area contributed by atoms with E-state index in [4.69, 9.17) is 4.74 Å². The van der Waals surface area contributed by atoms with Crippen molar-refractivity contribution in [2.24, 2.45) is 11.8 Å². The molecule has 1 N–H and O–H groups in total. The number of anilines is 1. The molecule has 0 spiro atoms. The monoisotopic (exact) mass is 249 g/mol. The fourth-order valence-electron chi connectivity index (χ4n) is 2.50. The van der Waals surface area contributed by atoms with Crippen LogP contribution in [0.4, 0.5) is 5.82 Å². The molecule has 18 heavy (non-hydrogen) atoms. The van der Waals surface area contributed by atoms with Crippen molar-refractivity contribution in [3.63, 3.8) is 0 Å². The van der Waals surface area contributed by atoms with Crippen molar-refractivity contribution in [1.29, 1.82) is 0 Å². The predicted molar refractivity (Wildman–Crippen MR) is 72.8 cm³/mol. The molecule has 1 saturated carbocycles. The van der Waals surface area contributed by atoms with Crippen LogP contribution >= 0.6 is 0 Å². The quantitative estimate of drug-likeness (QED) is 0.871. The summed E-state index contributed by atoms with van der Waals surface area (Å²) in [5.41, 5.74) is 0. The lowest BCUT2D eigenvalue weighted by Gasteiger charge is -2.16. The maximum absolute atomic E-state index is 5.56. The number of rotatable bonds is 5. The molecular formula is C14H23N3O. The summed E-state index contributed by atoms with van der Waals surface area (Å²) >= 11 is 0. The summed E-state index contributed by atoms with van der Waals surface area (Å²) in [6.07, 6.45) is 5.74. The highest BCUT2D eigenvalue weighted by molar-refractivity contribution is 5.37. The Morgan fingerprint density at radius 2 is 2.22 bits per heavy atom. The minimum absolute atomic E-state index is 0.141. The van der Waals surface area contributed by atoms with Crippen molar-refractivity contribution >= 4 is 5.82 Å². The van der Waals surface area contributed by atoms with E-state index in [0.29, 0.717) is 5.88 Å². The second kappa shape index (κ2) is 6.03. The van der Waals surface area contributed by atoms with Crippen LogP contribution in [-0.4, -0.2) is 22.6 Å². The molecule has 2 atom stereocenters. The van der Waals surface area contributed by atoms with E-state index in [1.165, 1.54) is 19.3 Å². The third-order valence-corrected chi connectivity index (χ3v) is 3.58. The Kier molecular flexibility index (Phi) is 4.39. The Labute approximate surface area is 109 Å². The number of nitrogens with one attached hydrogen (secondary N) is 1. The van der Waals surface area contributed by atoms with Crippen molar-refractivity contribution in [2.75, 3.05) is 11.9 Å². The molecule has 1 aromatic heterocycles. The summed E-state index contributed by atoms with van der Waals surface area (Å²) in [5, 5.41) is 3.40. The highest BCUT2D eigenvalue weighted by Gasteiger charge is 2.22.